The summed E-state index contributed by atoms with van der Waals surface area (Å²) < 4.78 is 6.31. The van der Waals surface area contributed by atoms with E-state index in [2.05, 4.69) is 77.6 Å². The first-order valence-electron chi connectivity index (χ1n) is 10.1. The van der Waals surface area contributed by atoms with Crippen molar-refractivity contribution in [3.05, 3.63) is 35.4 Å². The van der Waals surface area contributed by atoms with E-state index in [-0.39, 0.29) is 11.1 Å². The van der Waals surface area contributed by atoms with E-state index in [1.54, 1.807) is 0 Å². The van der Waals surface area contributed by atoms with Crippen LogP contribution in [0.15, 0.2) is 24.3 Å². The van der Waals surface area contributed by atoms with Crippen LogP contribution in [-0.4, -0.2) is 30.1 Å². The van der Waals surface area contributed by atoms with Crippen LogP contribution >= 0.6 is 0 Å². The predicted molar refractivity (Wildman–Crippen MR) is 108 cm³/mol. The second-order valence-corrected chi connectivity index (χ2v) is 9.36. The molecule has 1 aromatic rings. The van der Waals surface area contributed by atoms with Crippen LogP contribution in [0.3, 0.4) is 0 Å². The van der Waals surface area contributed by atoms with Gasteiger partial charge in [-0.05, 0) is 84.4 Å². The largest absolute Gasteiger partial charge is 0.371 e. The van der Waals surface area contributed by atoms with Gasteiger partial charge in [-0.2, -0.15) is 0 Å². The number of hydrogen-bond donors (Lipinski definition) is 0. The van der Waals surface area contributed by atoms with Crippen molar-refractivity contribution < 1.29 is 4.74 Å². The third kappa shape index (κ3) is 5.56. The minimum absolute atomic E-state index is 0.214. The van der Waals surface area contributed by atoms with Gasteiger partial charge < -0.3 is 4.74 Å². The van der Waals surface area contributed by atoms with E-state index < -0.39 is 0 Å². The highest BCUT2D eigenvalue weighted by Crippen LogP contribution is 2.31. The summed E-state index contributed by atoms with van der Waals surface area (Å²) in [5.74, 6) is 1.73. The number of nitrogens with zero attached hydrogens (tertiary/aromatic N) is 1. The number of piperidine rings is 1. The van der Waals surface area contributed by atoms with Crippen LogP contribution in [0, 0.1) is 18.8 Å². The Bertz CT molecular complexity index is 522. The lowest BCUT2D eigenvalue weighted by atomic mass is 9.84. The third-order valence-electron chi connectivity index (χ3n) is 6.26. The fourth-order valence-corrected chi connectivity index (χ4v) is 3.92. The van der Waals surface area contributed by atoms with E-state index in [1.807, 2.05) is 0 Å². The maximum Gasteiger partial charge on any atom is 0.0875 e. The Morgan fingerprint density at radius 2 is 1.60 bits per heavy atom. The standard InChI is InChI=1S/C23H39NO/c1-18(2)20-12-15-24(16-13-20)22(4,5)14-17-25-23(6,7)21-10-8-19(3)9-11-21/h8-11,18,20H,12-17H2,1-7H3. The van der Waals surface area contributed by atoms with Crippen LogP contribution in [0.2, 0.25) is 0 Å². The quantitative estimate of drug-likeness (QED) is 0.621. The first-order chi connectivity index (χ1) is 11.6. The number of hydrogen-bond acceptors (Lipinski definition) is 2. The van der Waals surface area contributed by atoms with Gasteiger partial charge in [0.05, 0.1) is 5.60 Å². The Kier molecular flexibility index (Phi) is 6.73. The average molecular weight is 346 g/mol. The lowest BCUT2D eigenvalue weighted by molar-refractivity contribution is -0.0441. The van der Waals surface area contributed by atoms with Crippen molar-refractivity contribution in [3.8, 4) is 0 Å². The molecule has 25 heavy (non-hydrogen) atoms. The van der Waals surface area contributed by atoms with Crippen LogP contribution in [0.5, 0.6) is 0 Å². The second-order valence-electron chi connectivity index (χ2n) is 9.36. The van der Waals surface area contributed by atoms with Gasteiger partial charge in [0.1, 0.15) is 0 Å². The van der Waals surface area contributed by atoms with E-state index in [1.165, 1.54) is 37.1 Å². The summed E-state index contributed by atoms with van der Waals surface area (Å²) in [6.45, 7) is 19.3. The maximum absolute atomic E-state index is 6.31. The van der Waals surface area contributed by atoms with E-state index in [9.17, 15) is 0 Å². The molecule has 0 bridgehead atoms. The van der Waals surface area contributed by atoms with E-state index in [0.29, 0.717) is 0 Å². The van der Waals surface area contributed by atoms with Gasteiger partial charge in [0.2, 0.25) is 0 Å². The highest BCUT2D eigenvalue weighted by Gasteiger charge is 2.32. The minimum Gasteiger partial charge on any atom is -0.371 e. The molecule has 0 N–H and O–H groups in total. The summed E-state index contributed by atoms with van der Waals surface area (Å²) >= 11 is 0. The third-order valence-corrected chi connectivity index (χ3v) is 6.26. The van der Waals surface area contributed by atoms with Crippen LogP contribution in [0.4, 0.5) is 0 Å². The molecule has 0 radical (unpaired) electrons. The summed E-state index contributed by atoms with van der Waals surface area (Å²) in [6, 6.07) is 8.72. The molecule has 1 aromatic carbocycles. The number of rotatable bonds is 7. The first kappa shape index (κ1) is 20.5. The maximum atomic E-state index is 6.31. The molecule has 0 unspecified atom stereocenters. The zero-order valence-corrected chi connectivity index (χ0v) is 17.6. The van der Waals surface area contributed by atoms with Crippen molar-refractivity contribution in [1.29, 1.82) is 0 Å². The summed E-state index contributed by atoms with van der Waals surface area (Å²) in [4.78, 5) is 2.67. The van der Waals surface area contributed by atoms with Crippen LogP contribution < -0.4 is 0 Å². The number of aryl methyl sites for hydroxylation is 1. The molecule has 0 amide bonds. The van der Waals surface area contributed by atoms with Crippen LogP contribution in [-0.2, 0) is 10.3 Å². The van der Waals surface area contributed by atoms with Crippen LogP contribution in [0.25, 0.3) is 0 Å². The van der Waals surface area contributed by atoms with Gasteiger partial charge in [0.15, 0.2) is 0 Å². The van der Waals surface area contributed by atoms with Gasteiger partial charge in [0.25, 0.3) is 0 Å². The van der Waals surface area contributed by atoms with Crippen molar-refractivity contribution >= 4 is 0 Å². The number of likely N-dealkylation sites (tertiary alicyclic amines) is 1. The van der Waals surface area contributed by atoms with Gasteiger partial charge in [-0.25, -0.2) is 0 Å². The summed E-state index contributed by atoms with van der Waals surface area (Å²) in [5, 5.41) is 0. The van der Waals surface area contributed by atoms with Crippen molar-refractivity contribution in [3.63, 3.8) is 0 Å². The molecule has 142 valence electrons. The Morgan fingerprint density at radius 1 is 1.04 bits per heavy atom. The molecule has 1 heterocycles. The monoisotopic (exact) mass is 345 g/mol. The molecule has 0 aliphatic carbocycles. The Labute approximate surface area is 156 Å². The molecule has 0 aromatic heterocycles. The molecule has 2 nitrogen and oxygen atoms in total. The number of ether oxygens (including phenoxy) is 1. The molecule has 0 saturated carbocycles. The molecule has 1 aliphatic heterocycles. The highest BCUT2D eigenvalue weighted by molar-refractivity contribution is 5.25. The van der Waals surface area contributed by atoms with Gasteiger partial charge in [-0.15, -0.1) is 0 Å². The summed E-state index contributed by atoms with van der Waals surface area (Å²) in [6.07, 6.45) is 3.77. The summed E-state index contributed by atoms with van der Waals surface area (Å²) in [5.41, 5.74) is 2.54. The molecule has 0 atom stereocenters. The van der Waals surface area contributed by atoms with Crippen molar-refractivity contribution in [2.24, 2.45) is 11.8 Å². The highest BCUT2D eigenvalue weighted by atomic mass is 16.5. The molecule has 1 aliphatic rings. The topological polar surface area (TPSA) is 12.5 Å². The molecule has 2 heteroatoms. The van der Waals surface area contributed by atoms with Crippen molar-refractivity contribution in [2.75, 3.05) is 19.7 Å². The fourth-order valence-electron chi connectivity index (χ4n) is 3.92. The smallest absolute Gasteiger partial charge is 0.0875 e. The SMILES string of the molecule is Cc1ccc(C(C)(C)OCCC(C)(C)N2CCC(C(C)C)CC2)cc1. The lowest BCUT2D eigenvalue weighted by Gasteiger charge is -2.44. The van der Waals surface area contributed by atoms with E-state index in [0.717, 1.165) is 24.9 Å². The zero-order valence-electron chi connectivity index (χ0n) is 17.6. The Morgan fingerprint density at radius 3 is 2.12 bits per heavy atom. The average Bonchev–Trinajstić information content (AvgIpc) is 2.55. The molecule has 1 fully saturated rings. The molecular weight excluding hydrogens is 306 g/mol. The normalized spacial score (nSPS) is 18.1. The fraction of sp³-hybridized carbons (Fsp3) is 0.739. The number of benzene rings is 1. The molecule has 0 spiro atoms. The second kappa shape index (κ2) is 8.22. The van der Waals surface area contributed by atoms with Crippen LogP contribution in [0.1, 0.15) is 71.9 Å². The predicted octanol–water partition coefficient (Wildman–Crippen LogP) is 5.78. The first-order valence-corrected chi connectivity index (χ1v) is 10.1. The lowest BCUT2D eigenvalue weighted by Crippen LogP contribution is -2.49. The van der Waals surface area contributed by atoms with Crippen molar-refractivity contribution in [1.82, 2.24) is 4.90 Å². The molecular formula is C23H39NO. The minimum atomic E-state index is -0.228. The van der Waals surface area contributed by atoms with Crippen molar-refractivity contribution in [2.45, 2.75) is 78.9 Å². The molecule has 2 rings (SSSR count). The van der Waals surface area contributed by atoms with Gasteiger partial charge in [0, 0.05) is 12.1 Å². The Hall–Kier alpha value is -0.860. The van der Waals surface area contributed by atoms with E-state index >= 15 is 0 Å². The zero-order chi connectivity index (χ0) is 18.7. The Balaban J connectivity index is 1.84. The van der Waals surface area contributed by atoms with Gasteiger partial charge >= 0.3 is 0 Å². The summed E-state index contributed by atoms with van der Waals surface area (Å²) in [7, 11) is 0. The van der Waals surface area contributed by atoms with E-state index in [4.69, 9.17) is 4.74 Å². The molecule has 1 saturated heterocycles. The van der Waals surface area contributed by atoms with Gasteiger partial charge in [-0.1, -0.05) is 43.7 Å². The van der Waals surface area contributed by atoms with Gasteiger partial charge in [-0.3, -0.25) is 4.90 Å².